The second kappa shape index (κ2) is 9.36. The smallest absolute Gasteiger partial charge is 0.245 e. The van der Waals surface area contributed by atoms with Crippen LogP contribution in [0, 0.1) is 6.92 Å². The number of hydrogen-bond acceptors (Lipinski definition) is 4. The van der Waals surface area contributed by atoms with Crippen LogP contribution < -0.4 is 5.32 Å². The van der Waals surface area contributed by atoms with Crippen LogP contribution in [0.5, 0.6) is 0 Å². The summed E-state index contributed by atoms with van der Waals surface area (Å²) in [5, 5.41) is 3.79. The second-order valence-electron chi connectivity index (χ2n) is 8.36. The third-order valence-electron chi connectivity index (χ3n) is 5.98. The lowest BCUT2D eigenvalue weighted by Gasteiger charge is -2.36. The highest BCUT2D eigenvalue weighted by Crippen LogP contribution is 2.21. The summed E-state index contributed by atoms with van der Waals surface area (Å²) in [6.45, 7) is 4.26. The molecule has 1 saturated heterocycles. The fourth-order valence-electron chi connectivity index (χ4n) is 4.19. The molecule has 4 rings (SSSR count). The van der Waals surface area contributed by atoms with Crippen LogP contribution in [0.3, 0.4) is 0 Å². The molecule has 0 spiro atoms. The number of aromatic amines is 1. The van der Waals surface area contributed by atoms with Gasteiger partial charge in [-0.2, -0.15) is 4.31 Å². The first-order valence-electron chi connectivity index (χ1n) is 10.9. The Morgan fingerprint density at radius 2 is 1.70 bits per heavy atom. The highest BCUT2D eigenvalue weighted by molar-refractivity contribution is 7.89. The Morgan fingerprint density at radius 1 is 1.03 bits per heavy atom. The maximum absolute atomic E-state index is 13.3. The van der Waals surface area contributed by atoms with Crippen LogP contribution in [0.15, 0.2) is 59.6 Å². The van der Waals surface area contributed by atoms with Crippen molar-refractivity contribution in [1.29, 1.82) is 0 Å². The highest BCUT2D eigenvalue weighted by Gasteiger charge is 2.33. The second-order valence-corrected chi connectivity index (χ2v) is 10.3. The molecule has 8 nitrogen and oxygen atoms in total. The van der Waals surface area contributed by atoms with E-state index in [1.165, 1.54) is 11.2 Å². The van der Waals surface area contributed by atoms with Crippen molar-refractivity contribution >= 4 is 32.7 Å². The van der Waals surface area contributed by atoms with Crippen LogP contribution in [-0.2, 0) is 26.0 Å². The maximum Gasteiger partial charge on any atom is 0.245 e. The molecule has 1 unspecified atom stereocenters. The molecule has 1 aromatic heterocycles. The number of piperazine rings is 1. The van der Waals surface area contributed by atoms with Crippen molar-refractivity contribution < 1.29 is 18.0 Å². The molecule has 0 saturated carbocycles. The molecular formula is C24H28N4O4S. The summed E-state index contributed by atoms with van der Waals surface area (Å²) >= 11 is 0. The number of nitrogens with zero attached hydrogens (tertiary/aromatic N) is 2. The summed E-state index contributed by atoms with van der Waals surface area (Å²) in [6, 6.07) is 13.8. The topological polar surface area (TPSA) is 103 Å². The Kier molecular flexibility index (Phi) is 6.53. The number of amides is 2. The summed E-state index contributed by atoms with van der Waals surface area (Å²) in [6.07, 6.45) is 2.21. The van der Waals surface area contributed by atoms with Crippen molar-refractivity contribution in [3.8, 4) is 0 Å². The van der Waals surface area contributed by atoms with Gasteiger partial charge in [0.1, 0.15) is 6.04 Å². The van der Waals surface area contributed by atoms with Gasteiger partial charge in [0, 0.05) is 56.6 Å². The predicted molar refractivity (Wildman–Crippen MR) is 126 cm³/mol. The van der Waals surface area contributed by atoms with Crippen molar-refractivity contribution in [2.75, 3.05) is 26.2 Å². The molecule has 1 fully saturated rings. The first-order chi connectivity index (χ1) is 15.8. The molecule has 3 aromatic rings. The van der Waals surface area contributed by atoms with Crippen molar-refractivity contribution in [3.05, 3.63) is 65.9 Å². The van der Waals surface area contributed by atoms with Gasteiger partial charge in [-0.3, -0.25) is 9.59 Å². The number of sulfonamides is 1. The third kappa shape index (κ3) is 4.94. The fraction of sp³-hybridized carbons (Fsp3) is 0.333. The van der Waals surface area contributed by atoms with Gasteiger partial charge in [0.05, 0.1) is 4.90 Å². The number of H-pyrrole nitrogens is 1. The SMILES string of the molecule is CC(=O)NC(Cc1c[nH]c2ccccc12)C(=O)N1CCN(S(=O)(=O)c2ccc(C)cc2)CC1. The molecular weight excluding hydrogens is 440 g/mol. The van der Waals surface area contributed by atoms with Gasteiger partial charge in [0.15, 0.2) is 0 Å². The van der Waals surface area contributed by atoms with Gasteiger partial charge in [0.25, 0.3) is 0 Å². The molecule has 2 aromatic carbocycles. The molecule has 2 amide bonds. The summed E-state index contributed by atoms with van der Waals surface area (Å²) in [7, 11) is -3.61. The molecule has 0 bridgehead atoms. The average molecular weight is 469 g/mol. The maximum atomic E-state index is 13.3. The molecule has 174 valence electrons. The minimum atomic E-state index is -3.61. The van der Waals surface area contributed by atoms with E-state index >= 15 is 0 Å². The molecule has 2 heterocycles. The van der Waals surface area contributed by atoms with Gasteiger partial charge in [-0.05, 0) is 30.7 Å². The van der Waals surface area contributed by atoms with Gasteiger partial charge in [-0.15, -0.1) is 0 Å². The number of carbonyl (C=O) groups is 2. The van der Waals surface area contributed by atoms with Crippen molar-refractivity contribution in [3.63, 3.8) is 0 Å². The van der Waals surface area contributed by atoms with Gasteiger partial charge < -0.3 is 15.2 Å². The minimum Gasteiger partial charge on any atom is -0.361 e. The summed E-state index contributed by atoms with van der Waals surface area (Å²) < 4.78 is 27.3. The van der Waals surface area contributed by atoms with E-state index in [0.717, 1.165) is 22.0 Å². The Bertz CT molecular complexity index is 1260. The van der Waals surface area contributed by atoms with E-state index in [9.17, 15) is 18.0 Å². The number of para-hydroxylation sites is 1. The van der Waals surface area contributed by atoms with Crippen LogP contribution >= 0.6 is 0 Å². The highest BCUT2D eigenvalue weighted by atomic mass is 32.2. The molecule has 9 heteroatoms. The van der Waals surface area contributed by atoms with Crippen molar-refractivity contribution in [1.82, 2.24) is 19.5 Å². The minimum absolute atomic E-state index is 0.206. The normalized spacial score (nSPS) is 16.0. The summed E-state index contributed by atoms with van der Waals surface area (Å²) in [4.78, 5) is 30.2. The summed E-state index contributed by atoms with van der Waals surface area (Å²) in [5.74, 6) is -0.489. The number of benzene rings is 2. The fourth-order valence-corrected chi connectivity index (χ4v) is 5.62. The molecule has 1 atom stereocenters. The van der Waals surface area contributed by atoms with Gasteiger partial charge >= 0.3 is 0 Å². The first-order valence-corrected chi connectivity index (χ1v) is 12.4. The van der Waals surface area contributed by atoms with Crippen molar-refractivity contribution in [2.24, 2.45) is 0 Å². The summed E-state index contributed by atoms with van der Waals surface area (Å²) in [5.41, 5.74) is 2.90. The quantitative estimate of drug-likeness (QED) is 0.578. The molecule has 0 radical (unpaired) electrons. The molecule has 1 aliphatic rings. The Morgan fingerprint density at radius 3 is 2.36 bits per heavy atom. The predicted octanol–water partition coefficient (Wildman–Crippen LogP) is 2.06. The lowest BCUT2D eigenvalue weighted by atomic mass is 10.0. The zero-order valence-electron chi connectivity index (χ0n) is 18.7. The van der Waals surface area contributed by atoms with Gasteiger partial charge in [-0.1, -0.05) is 35.9 Å². The van der Waals surface area contributed by atoms with E-state index in [-0.39, 0.29) is 42.9 Å². The Hall–Kier alpha value is -3.17. The largest absolute Gasteiger partial charge is 0.361 e. The number of aryl methyl sites for hydroxylation is 1. The van der Waals surface area contributed by atoms with Crippen LogP contribution in [0.25, 0.3) is 10.9 Å². The lowest BCUT2D eigenvalue weighted by Crippen LogP contribution is -2.56. The van der Waals surface area contributed by atoms with Gasteiger partial charge in [-0.25, -0.2) is 8.42 Å². The van der Waals surface area contributed by atoms with E-state index in [0.29, 0.717) is 6.42 Å². The molecule has 0 aliphatic carbocycles. The number of rotatable bonds is 6. The van der Waals surface area contributed by atoms with E-state index in [2.05, 4.69) is 10.3 Å². The number of nitrogens with one attached hydrogen (secondary N) is 2. The number of carbonyl (C=O) groups excluding carboxylic acids is 2. The van der Waals surface area contributed by atoms with Crippen LogP contribution in [-0.4, -0.2) is 66.6 Å². The lowest BCUT2D eigenvalue weighted by molar-refractivity contribution is -0.137. The monoisotopic (exact) mass is 468 g/mol. The van der Waals surface area contributed by atoms with E-state index in [1.807, 2.05) is 37.4 Å². The number of fused-ring (bicyclic) bond motifs is 1. The first kappa shape index (κ1) is 23.0. The van der Waals surface area contributed by atoms with E-state index in [1.54, 1.807) is 29.2 Å². The molecule has 1 aliphatic heterocycles. The van der Waals surface area contributed by atoms with Crippen LogP contribution in [0.2, 0.25) is 0 Å². The Balaban J connectivity index is 1.46. The van der Waals surface area contributed by atoms with Crippen molar-refractivity contribution in [2.45, 2.75) is 31.2 Å². The van der Waals surface area contributed by atoms with Crippen LogP contribution in [0.1, 0.15) is 18.1 Å². The standard InChI is InChI=1S/C24H28N4O4S/c1-17-7-9-20(10-8-17)33(31,32)28-13-11-27(12-14-28)24(30)23(26-18(2)29)15-19-16-25-22-6-4-3-5-21(19)22/h3-10,16,23,25H,11-15H2,1-2H3,(H,26,29). The Labute approximate surface area is 193 Å². The van der Waals surface area contributed by atoms with E-state index in [4.69, 9.17) is 0 Å². The zero-order chi connectivity index (χ0) is 23.6. The van der Waals surface area contributed by atoms with E-state index < -0.39 is 16.1 Å². The number of aromatic nitrogens is 1. The van der Waals surface area contributed by atoms with Crippen LogP contribution in [0.4, 0.5) is 0 Å². The zero-order valence-corrected chi connectivity index (χ0v) is 19.6. The van der Waals surface area contributed by atoms with Gasteiger partial charge in [0.2, 0.25) is 21.8 Å². The average Bonchev–Trinajstić information content (AvgIpc) is 3.21. The third-order valence-corrected chi connectivity index (χ3v) is 7.90. The number of hydrogen-bond donors (Lipinski definition) is 2. The molecule has 2 N–H and O–H groups in total. The molecule has 33 heavy (non-hydrogen) atoms.